The minimum Gasteiger partial charge on any atom is -0.480 e. The molecule has 8 heteroatoms. The summed E-state index contributed by atoms with van der Waals surface area (Å²) >= 11 is 4.87. The van der Waals surface area contributed by atoms with Crippen LogP contribution in [-0.4, -0.2) is 28.0 Å². The highest BCUT2D eigenvalue weighted by atomic mass is 79.9. The number of amides is 1. The van der Waals surface area contributed by atoms with Crippen LogP contribution in [0.2, 0.25) is 0 Å². The van der Waals surface area contributed by atoms with Crippen LogP contribution in [0.1, 0.15) is 73.1 Å². The van der Waals surface area contributed by atoms with Crippen molar-refractivity contribution in [3.8, 4) is 11.5 Å². The first-order chi connectivity index (χ1) is 19.5. The molecular formula is C33H35BrN2O4S. The normalized spacial score (nSPS) is 14.7. The van der Waals surface area contributed by atoms with Gasteiger partial charge in [0, 0.05) is 22.4 Å². The highest BCUT2D eigenvalue weighted by molar-refractivity contribution is 9.11. The molecule has 0 saturated heterocycles. The van der Waals surface area contributed by atoms with Crippen molar-refractivity contribution in [3.63, 3.8) is 0 Å². The van der Waals surface area contributed by atoms with Crippen LogP contribution < -0.4 is 10.1 Å². The van der Waals surface area contributed by atoms with Crippen LogP contribution >= 0.6 is 27.3 Å². The number of aliphatic carboxylic acids is 1. The largest absolute Gasteiger partial charge is 0.480 e. The molecule has 2 N–H and O–H groups in total. The Kier molecular flexibility index (Phi) is 8.80. The number of pyridine rings is 1. The molecule has 0 radical (unpaired) electrons. The van der Waals surface area contributed by atoms with Crippen LogP contribution in [0, 0.1) is 5.92 Å². The standard InChI is InChI=1S/C33H35BrN2O4S/c1-33(2,3)22-9-12-23(13-10-22)40-24-11-8-21-17-28(35-27(26(21)18-24)16-20-6-4-5-7-20)31(37)36-29(32(38)39)19-25-14-15-30(34)41-25/h8-15,17-18,20,29H,4-7,16,19H2,1-3H3,(H,36,37)(H,38,39)/t29-/m1/s1. The van der Waals surface area contributed by atoms with E-state index in [1.165, 1.54) is 29.7 Å². The average Bonchev–Trinajstić information content (AvgIpc) is 3.59. The number of carboxylic acid groups (broad SMARTS) is 1. The zero-order chi connectivity index (χ0) is 29.1. The first-order valence-electron chi connectivity index (χ1n) is 14.0. The Hall–Kier alpha value is -3.23. The minimum atomic E-state index is -1.08. The highest BCUT2D eigenvalue weighted by Crippen LogP contribution is 2.33. The van der Waals surface area contributed by atoms with Crippen molar-refractivity contribution in [1.82, 2.24) is 10.3 Å². The lowest BCUT2D eigenvalue weighted by Crippen LogP contribution is -2.42. The molecule has 6 nitrogen and oxygen atoms in total. The summed E-state index contributed by atoms with van der Waals surface area (Å²) in [6, 6.07) is 18.4. The van der Waals surface area contributed by atoms with E-state index in [2.05, 4.69) is 54.2 Å². The molecule has 1 fully saturated rings. The number of fused-ring (bicyclic) bond motifs is 1. The summed E-state index contributed by atoms with van der Waals surface area (Å²) in [6.45, 7) is 6.55. The number of ether oxygens (including phenoxy) is 1. The number of aromatic nitrogens is 1. The van der Waals surface area contributed by atoms with Gasteiger partial charge in [-0.2, -0.15) is 0 Å². The number of thiophene rings is 1. The predicted molar refractivity (Wildman–Crippen MR) is 167 cm³/mol. The van der Waals surface area contributed by atoms with E-state index in [0.29, 0.717) is 11.7 Å². The maximum absolute atomic E-state index is 13.3. The topological polar surface area (TPSA) is 88.5 Å². The number of hydrogen-bond donors (Lipinski definition) is 2. The average molecular weight is 636 g/mol. The van der Waals surface area contributed by atoms with Crippen LogP contribution in [-0.2, 0) is 23.1 Å². The van der Waals surface area contributed by atoms with Crippen LogP contribution in [0.15, 0.2) is 64.5 Å². The number of carboxylic acids is 1. The summed E-state index contributed by atoms with van der Waals surface area (Å²) in [6.07, 6.45) is 5.69. The lowest BCUT2D eigenvalue weighted by molar-refractivity contribution is -0.139. The number of nitrogens with one attached hydrogen (secondary N) is 1. The second kappa shape index (κ2) is 12.3. The molecular weight excluding hydrogens is 600 g/mol. The van der Waals surface area contributed by atoms with Crippen molar-refractivity contribution in [1.29, 1.82) is 0 Å². The molecule has 5 rings (SSSR count). The smallest absolute Gasteiger partial charge is 0.326 e. The molecule has 0 aliphatic heterocycles. The number of rotatable bonds is 9. The van der Waals surface area contributed by atoms with E-state index in [9.17, 15) is 14.7 Å². The summed E-state index contributed by atoms with van der Waals surface area (Å²) in [5.41, 5.74) is 2.39. The fourth-order valence-corrected chi connectivity index (χ4v) is 6.90. The van der Waals surface area contributed by atoms with E-state index in [0.717, 1.165) is 50.1 Å². The van der Waals surface area contributed by atoms with E-state index in [-0.39, 0.29) is 17.5 Å². The van der Waals surface area contributed by atoms with Gasteiger partial charge in [0.25, 0.3) is 5.91 Å². The molecule has 1 amide bonds. The second-order valence-electron chi connectivity index (χ2n) is 11.8. The lowest BCUT2D eigenvalue weighted by Gasteiger charge is -2.19. The van der Waals surface area contributed by atoms with Crippen LogP contribution in [0.3, 0.4) is 0 Å². The zero-order valence-electron chi connectivity index (χ0n) is 23.6. The van der Waals surface area contributed by atoms with Crippen molar-refractivity contribution < 1.29 is 19.4 Å². The van der Waals surface area contributed by atoms with Gasteiger partial charge in [-0.15, -0.1) is 11.3 Å². The van der Waals surface area contributed by atoms with Gasteiger partial charge >= 0.3 is 5.97 Å². The number of carbonyl (C=O) groups is 2. The van der Waals surface area contributed by atoms with E-state index < -0.39 is 17.9 Å². The van der Waals surface area contributed by atoms with Crippen LogP contribution in [0.25, 0.3) is 10.8 Å². The monoisotopic (exact) mass is 634 g/mol. The Balaban J connectivity index is 1.42. The Morgan fingerprint density at radius 3 is 2.39 bits per heavy atom. The number of halogens is 1. The summed E-state index contributed by atoms with van der Waals surface area (Å²) in [4.78, 5) is 31.0. The Morgan fingerprint density at radius 2 is 1.76 bits per heavy atom. The summed E-state index contributed by atoms with van der Waals surface area (Å²) in [5, 5.41) is 14.3. The molecule has 2 aromatic heterocycles. The molecule has 0 unspecified atom stereocenters. The summed E-state index contributed by atoms with van der Waals surface area (Å²) in [5.74, 6) is 0.424. The zero-order valence-corrected chi connectivity index (χ0v) is 26.0. The van der Waals surface area contributed by atoms with Crippen molar-refractivity contribution in [3.05, 3.63) is 86.3 Å². The number of nitrogens with zero attached hydrogens (tertiary/aromatic N) is 1. The first kappa shape index (κ1) is 29.3. The Labute approximate surface area is 253 Å². The van der Waals surface area contributed by atoms with Gasteiger partial charge in [-0.05, 0) is 87.1 Å². The molecule has 4 aromatic rings. The Bertz CT molecular complexity index is 1550. The number of benzene rings is 2. The summed E-state index contributed by atoms with van der Waals surface area (Å²) in [7, 11) is 0. The van der Waals surface area contributed by atoms with Crippen LogP contribution in [0.5, 0.6) is 11.5 Å². The minimum absolute atomic E-state index is 0.0673. The van der Waals surface area contributed by atoms with Gasteiger partial charge in [0.15, 0.2) is 0 Å². The van der Waals surface area contributed by atoms with Gasteiger partial charge < -0.3 is 15.2 Å². The maximum atomic E-state index is 13.3. The fourth-order valence-electron chi connectivity index (χ4n) is 5.37. The fraction of sp³-hybridized carbons (Fsp3) is 0.364. The molecule has 214 valence electrons. The van der Waals surface area contributed by atoms with Crippen molar-refractivity contribution in [2.24, 2.45) is 5.92 Å². The number of carbonyl (C=O) groups excluding carboxylic acids is 1. The van der Waals surface area contributed by atoms with Gasteiger partial charge in [0.1, 0.15) is 23.2 Å². The molecule has 2 aromatic carbocycles. The third kappa shape index (κ3) is 7.35. The molecule has 41 heavy (non-hydrogen) atoms. The van der Waals surface area contributed by atoms with E-state index in [1.54, 1.807) is 6.07 Å². The van der Waals surface area contributed by atoms with E-state index >= 15 is 0 Å². The lowest BCUT2D eigenvalue weighted by atomic mass is 9.87. The van der Waals surface area contributed by atoms with Gasteiger partial charge in [0.05, 0.1) is 3.79 Å². The van der Waals surface area contributed by atoms with Gasteiger partial charge in [-0.3, -0.25) is 4.79 Å². The van der Waals surface area contributed by atoms with Gasteiger partial charge in [0.2, 0.25) is 0 Å². The van der Waals surface area contributed by atoms with Crippen molar-refractivity contribution in [2.45, 2.75) is 70.8 Å². The molecule has 0 bridgehead atoms. The molecule has 1 atom stereocenters. The van der Waals surface area contributed by atoms with Crippen molar-refractivity contribution in [2.75, 3.05) is 0 Å². The second-order valence-corrected chi connectivity index (χ2v) is 14.4. The van der Waals surface area contributed by atoms with Gasteiger partial charge in [-0.25, -0.2) is 9.78 Å². The molecule has 1 saturated carbocycles. The van der Waals surface area contributed by atoms with Crippen molar-refractivity contribution >= 4 is 49.9 Å². The molecule has 0 spiro atoms. The van der Waals surface area contributed by atoms with Gasteiger partial charge in [-0.1, -0.05) is 64.7 Å². The third-order valence-electron chi connectivity index (χ3n) is 7.67. The van der Waals surface area contributed by atoms with Crippen LogP contribution in [0.4, 0.5) is 0 Å². The van der Waals surface area contributed by atoms with E-state index in [4.69, 9.17) is 9.72 Å². The third-order valence-corrected chi connectivity index (χ3v) is 9.31. The van der Waals surface area contributed by atoms with E-state index in [1.807, 2.05) is 42.5 Å². The maximum Gasteiger partial charge on any atom is 0.326 e. The quantitative estimate of drug-likeness (QED) is 0.193. The highest BCUT2D eigenvalue weighted by Gasteiger charge is 2.24. The molecule has 2 heterocycles. The SMILES string of the molecule is CC(C)(C)c1ccc(Oc2ccc3cc(C(=O)N[C@H](Cc4ccc(Br)s4)C(=O)O)nc(CC4CCCC4)c3c2)cc1. The molecule has 1 aliphatic carbocycles. The first-order valence-corrected chi connectivity index (χ1v) is 15.7. The Morgan fingerprint density at radius 1 is 1.05 bits per heavy atom. The number of hydrogen-bond acceptors (Lipinski definition) is 5. The summed E-state index contributed by atoms with van der Waals surface area (Å²) < 4.78 is 7.14. The predicted octanol–water partition coefficient (Wildman–Crippen LogP) is 8.31. The molecule has 1 aliphatic rings.